The number of nitrogens with one attached hydrogen (secondary N) is 1. The van der Waals surface area contributed by atoms with E-state index in [-0.39, 0.29) is 18.1 Å². The Hall–Kier alpha value is -3.97. The van der Waals surface area contributed by atoms with Crippen LogP contribution in [0.15, 0.2) is 89.5 Å². The smallest absolute Gasteiger partial charge is 0.337 e. The zero-order valence-electron chi connectivity index (χ0n) is 18.8. The Morgan fingerprint density at radius 1 is 1.03 bits per heavy atom. The predicted molar refractivity (Wildman–Crippen MR) is 135 cm³/mol. The number of nitrogens with zero attached hydrogens (tertiary/aromatic N) is 2. The number of aromatic nitrogens is 1. The second kappa shape index (κ2) is 9.11. The van der Waals surface area contributed by atoms with E-state index in [2.05, 4.69) is 46.4 Å². The lowest BCUT2D eigenvalue weighted by Crippen LogP contribution is -2.29. The highest BCUT2D eigenvalue weighted by atomic mass is 32.1. The van der Waals surface area contributed by atoms with Gasteiger partial charge in [-0.1, -0.05) is 35.9 Å². The molecule has 0 bridgehead atoms. The van der Waals surface area contributed by atoms with Gasteiger partial charge in [0.15, 0.2) is 5.11 Å². The van der Waals surface area contributed by atoms with Gasteiger partial charge in [0.25, 0.3) is 0 Å². The van der Waals surface area contributed by atoms with Gasteiger partial charge in [-0.2, -0.15) is 0 Å². The van der Waals surface area contributed by atoms with E-state index >= 15 is 0 Å². The van der Waals surface area contributed by atoms with Gasteiger partial charge in [0.2, 0.25) is 0 Å². The van der Waals surface area contributed by atoms with Crippen LogP contribution in [0.1, 0.15) is 39.5 Å². The number of aryl methyl sites for hydroxylation is 1. The average molecular weight is 470 g/mol. The first kappa shape index (κ1) is 21.9. The van der Waals surface area contributed by atoms with Gasteiger partial charge in [-0.25, -0.2) is 4.79 Å². The predicted octanol–water partition coefficient (Wildman–Crippen LogP) is 5.61. The van der Waals surface area contributed by atoms with Gasteiger partial charge in [0.1, 0.15) is 17.6 Å². The Balaban J connectivity index is 1.54. The molecule has 170 valence electrons. The molecule has 2 aromatic heterocycles. The summed E-state index contributed by atoms with van der Waals surface area (Å²) in [4.78, 5) is 18.4. The molecular weight excluding hydrogens is 446 g/mol. The van der Waals surface area contributed by atoms with Gasteiger partial charge in [-0.3, -0.25) is 4.98 Å². The number of hydrogen-bond donors (Lipinski definition) is 1. The molecule has 1 aliphatic heterocycles. The molecule has 2 atom stereocenters. The summed E-state index contributed by atoms with van der Waals surface area (Å²) in [6, 6.07) is 24.8. The van der Waals surface area contributed by atoms with E-state index < -0.39 is 0 Å². The number of hydrogen-bond acceptors (Lipinski definition) is 5. The van der Waals surface area contributed by atoms with Crippen molar-refractivity contribution >= 4 is 29.0 Å². The molecular formula is C27H23N3O3S. The van der Waals surface area contributed by atoms with Gasteiger partial charge in [0, 0.05) is 17.4 Å². The van der Waals surface area contributed by atoms with Crippen LogP contribution in [-0.4, -0.2) is 23.2 Å². The van der Waals surface area contributed by atoms with Crippen molar-refractivity contribution in [1.82, 2.24) is 10.3 Å². The summed E-state index contributed by atoms with van der Waals surface area (Å²) in [5.41, 5.74) is 4.39. The minimum atomic E-state index is -0.371. The van der Waals surface area contributed by atoms with Crippen LogP contribution in [0.3, 0.4) is 0 Å². The van der Waals surface area contributed by atoms with E-state index in [1.807, 2.05) is 42.5 Å². The van der Waals surface area contributed by atoms with E-state index in [1.54, 1.807) is 18.3 Å². The fourth-order valence-electron chi connectivity index (χ4n) is 4.18. The normalized spacial score (nSPS) is 17.5. The standard InChI is InChI=1S/C27H23N3O3S/c1-17-6-12-20(13-7-17)30-25(24(29-27(30)34)21-5-3-4-16-28-21)23-15-14-22(33-23)18-8-10-19(11-9-18)26(31)32-2/h3-16,24-25H,1-2H3,(H,29,34). The van der Waals surface area contributed by atoms with Crippen LogP contribution in [0.25, 0.3) is 11.3 Å². The van der Waals surface area contributed by atoms with Crippen LogP contribution in [0.2, 0.25) is 0 Å². The number of benzene rings is 2. The number of methoxy groups -OCH3 is 1. The summed E-state index contributed by atoms with van der Waals surface area (Å²) in [5, 5.41) is 4.06. The number of carbonyl (C=O) groups excluding carboxylic acids is 1. The molecule has 7 heteroatoms. The molecule has 0 aliphatic carbocycles. The van der Waals surface area contributed by atoms with Crippen molar-refractivity contribution in [2.75, 3.05) is 12.0 Å². The molecule has 0 saturated carbocycles. The van der Waals surface area contributed by atoms with E-state index in [0.29, 0.717) is 16.4 Å². The van der Waals surface area contributed by atoms with Gasteiger partial charge in [-0.05, 0) is 67.7 Å². The zero-order chi connectivity index (χ0) is 23.7. The molecule has 5 rings (SSSR count). The Labute approximate surface area is 203 Å². The summed E-state index contributed by atoms with van der Waals surface area (Å²) >= 11 is 5.76. The van der Waals surface area contributed by atoms with E-state index in [1.165, 1.54) is 12.7 Å². The molecule has 2 aromatic carbocycles. The quantitative estimate of drug-likeness (QED) is 0.301. The monoisotopic (exact) mass is 469 g/mol. The molecule has 34 heavy (non-hydrogen) atoms. The first-order valence-corrected chi connectivity index (χ1v) is 11.3. The minimum absolute atomic E-state index is 0.185. The highest BCUT2D eigenvalue weighted by molar-refractivity contribution is 7.80. The lowest BCUT2D eigenvalue weighted by molar-refractivity contribution is 0.0600. The molecule has 3 heterocycles. The third-order valence-corrected chi connectivity index (χ3v) is 6.23. The van der Waals surface area contributed by atoms with E-state index in [0.717, 1.165) is 22.7 Å². The lowest BCUT2D eigenvalue weighted by atomic mass is 10.0. The summed E-state index contributed by atoms with van der Waals surface area (Å²) in [5.74, 6) is 1.09. The third-order valence-electron chi connectivity index (χ3n) is 5.92. The van der Waals surface area contributed by atoms with Crippen LogP contribution in [0.5, 0.6) is 0 Å². The zero-order valence-corrected chi connectivity index (χ0v) is 19.6. The molecule has 2 unspecified atom stereocenters. The number of carbonyl (C=O) groups is 1. The number of ether oxygens (including phenoxy) is 1. The van der Waals surface area contributed by atoms with E-state index in [9.17, 15) is 4.79 Å². The summed E-state index contributed by atoms with van der Waals surface area (Å²) in [6.45, 7) is 2.06. The maximum Gasteiger partial charge on any atom is 0.337 e. The topological polar surface area (TPSA) is 67.6 Å². The molecule has 1 saturated heterocycles. The highest BCUT2D eigenvalue weighted by Crippen LogP contribution is 2.42. The van der Waals surface area contributed by atoms with Gasteiger partial charge >= 0.3 is 5.97 Å². The Morgan fingerprint density at radius 3 is 2.47 bits per heavy atom. The molecule has 4 aromatic rings. The second-order valence-electron chi connectivity index (χ2n) is 8.10. The minimum Gasteiger partial charge on any atom is -0.465 e. The summed E-state index contributed by atoms with van der Waals surface area (Å²) in [7, 11) is 1.37. The van der Waals surface area contributed by atoms with Crippen molar-refractivity contribution in [1.29, 1.82) is 0 Å². The van der Waals surface area contributed by atoms with Crippen molar-refractivity contribution in [2.24, 2.45) is 0 Å². The molecule has 1 fully saturated rings. The van der Waals surface area contributed by atoms with Crippen LogP contribution in [0.4, 0.5) is 5.69 Å². The van der Waals surface area contributed by atoms with Crippen LogP contribution >= 0.6 is 12.2 Å². The SMILES string of the molecule is COC(=O)c1ccc(-c2ccc(C3C(c4ccccn4)NC(=S)N3c3ccc(C)cc3)o2)cc1. The lowest BCUT2D eigenvalue weighted by Gasteiger charge is -2.26. The fourth-order valence-corrected chi connectivity index (χ4v) is 4.53. The fraction of sp³-hybridized carbons (Fsp3) is 0.148. The first-order chi connectivity index (χ1) is 16.5. The molecule has 0 radical (unpaired) electrons. The van der Waals surface area contributed by atoms with Gasteiger partial charge in [0.05, 0.1) is 24.4 Å². The van der Waals surface area contributed by atoms with Crippen molar-refractivity contribution in [3.8, 4) is 11.3 Å². The molecule has 0 spiro atoms. The Bertz CT molecular complexity index is 1320. The number of rotatable bonds is 5. The molecule has 1 N–H and O–H groups in total. The van der Waals surface area contributed by atoms with E-state index in [4.69, 9.17) is 21.4 Å². The molecule has 0 amide bonds. The van der Waals surface area contributed by atoms with Crippen molar-refractivity contribution in [3.05, 3.63) is 108 Å². The number of esters is 1. The molecule has 6 nitrogen and oxygen atoms in total. The van der Waals surface area contributed by atoms with Gasteiger partial charge in [-0.15, -0.1) is 0 Å². The summed E-state index contributed by atoms with van der Waals surface area (Å²) in [6.07, 6.45) is 1.78. The maximum absolute atomic E-state index is 11.8. The third kappa shape index (κ3) is 4.06. The molecule has 1 aliphatic rings. The number of anilines is 1. The van der Waals surface area contributed by atoms with Crippen molar-refractivity contribution < 1.29 is 13.9 Å². The second-order valence-corrected chi connectivity index (χ2v) is 8.49. The maximum atomic E-state index is 11.8. The summed E-state index contributed by atoms with van der Waals surface area (Å²) < 4.78 is 11.2. The first-order valence-electron chi connectivity index (χ1n) is 10.9. The number of thiocarbonyl (C=S) groups is 1. The number of furan rings is 1. The van der Waals surface area contributed by atoms with Gasteiger partial charge < -0.3 is 19.4 Å². The Morgan fingerprint density at radius 2 is 1.79 bits per heavy atom. The van der Waals surface area contributed by atoms with Crippen LogP contribution in [-0.2, 0) is 4.74 Å². The van der Waals surface area contributed by atoms with Crippen molar-refractivity contribution in [3.63, 3.8) is 0 Å². The average Bonchev–Trinajstić information content (AvgIpc) is 3.49. The van der Waals surface area contributed by atoms with Crippen LogP contribution < -0.4 is 10.2 Å². The highest BCUT2D eigenvalue weighted by Gasteiger charge is 2.42. The van der Waals surface area contributed by atoms with Crippen molar-refractivity contribution in [2.45, 2.75) is 19.0 Å². The van der Waals surface area contributed by atoms with Crippen LogP contribution in [0, 0.1) is 6.92 Å². The largest absolute Gasteiger partial charge is 0.465 e. The Kier molecular flexibility index (Phi) is 5.86. The number of pyridine rings is 1.